The van der Waals surface area contributed by atoms with Crippen molar-refractivity contribution < 1.29 is 4.79 Å². The van der Waals surface area contributed by atoms with Gasteiger partial charge in [0.25, 0.3) is 5.91 Å². The number of carbonyl (C=O) groups excluding carboxylic acids is 1. The molecule has 0 N–H and O–H groups in total. The van der Waals surface area contributed by atoms with E-state index in [-0.39, 0.29) is 10.6 Å². The third-order valence-electron chi connectivity index (χ3n) is 3.81. The number of amides is 1. The Morgan fingerprint density at radius 2 is 1.80 bits per heavy atom. The van der Waals surface area contributed by atoms with E-state index in [4.69, 9.17) is 0 Å². The Kier molecular flexibility index (Phi) is 3.82. The van der Waals surface area contributed by atoms with Crippen molar-refractivity contribution >= 4 is 44.6 Å². The zero-order valence-corrected chi connectivity index (χ0v) is 15.1. The van der Waals surface area contributed by atoms with Crippen molar-refractivity contribution in [1.29, 1.82) is 0 Å². The summed E-state index contributed by atoms with van der Waals surface area (Å²) in [5.41, 5.74) is 3.41. The maximum Gasteiger partial charge on any atom is 0.279 e. The molecule has 0 fully saturated rings. The Balaban J connectivity index is 1.89. The van der Waals surface area contributed by atoms with Crippen LogP contribution in [0.1, 0.15) is 21.5 Å². The lowest BCUT2D eigenvalue weighted by atomic mass is 10.1. The number of fused-ring (bicyclic) bond motifs is 3. The monoisotopic (exact) mass is 367 g/mol. The number of carbonyl (C=O) groups is 1. The highest BCUT2D eigenvalue weighted by Gasteiger charge is 2.10. The number of hydrogen-bond donors (Lipinski definition) is 0. The lowest BCUT2D eigenvalue weighted by Crippen LogP contribution is -2.04. The van der Waals surface area contributed by atoms with Crippen LogP contribution in [0.15, 0.2) is 52.3 Å². The smallest absolute Gasteiger partial charge is 0.277 e. The summed E-state index contributed by atoms with van der Waals surface area (Å²) in [6.45, 7) is 3.91. The number of rotatable bonds is 1. The molecule has 0 aliphatic heterocycles. The lowest BCUT2D eigenvalue weighted by Gasteiger charge is -1.99. The Labute approximate surface area is 150 Å². The first-order valence-electron chi connectivity index (χ1n) is 7.60. The third-order valence-corrected chi connectivity index (χ3v) is 5.68. The van der Waals surface area contributed by atoms with Gasteiger partial charge >= 0.3 is 0 Å². The summed E-state index contributed by atoms with van der Waals surface area (Å²) in [7, 11) is 0. The highest BCUT2D eigenvalue weighted by molar-refractivity contribution is 7.17. The van der Waals surface area contributed by atoms with E-state index in [1.807, 2.05) is 48.0 Å². The van der Waals surface area contributed by atoms with Crippen molar-refractivity contribution in [2.24, 2.45) is 4.99 Å². The molecule has 2 heterocycles. The summed E-state index contributed by atoms with van der Waals surface area (Å²) in [5.74, 6) is -0.341. The van der Waals surface area contributed by atoms with Crippen LogP contribution in [0, 0.1) is 13.8 Å². The first-order chi connectivity index (χ1) is 12.0. The van der Waals surface area contributed by atoms with Gasteiger partial charge in [-0.1, -0.05) is 40.7 Å². The van der Waals surface area contributed by atoms with E-state index in [2.05, 4.69) is 9.98 Å². The van der Waals surface area contributed by atoms with Gasteiger partial charge in [0.05, 0.1) is 10.9 Å². The van der Waals surface area contributed by atoms with Crippen LogP contribution in [0.4, 0.5) is 0 Å². The summed E-state index contributed by atoms with van der Waals surface area (Å²) in [6.07, 6.45) is 0. The second-order valence-electron chi connectivity index (χ2n) is 5.76. The van der Waals surface area contributed by atoms with E-state index in [9.17, 15) is 9.59 Å². The SMILES string of the molecule is Cc1ccc(C(=O)N=c2nc3sc(=O)c4cc(C)ccc4n3s2)cc1. The first kappa shape index (κ1) is 15.9. The zero-order valence-electron chi connectivity index (χ0n) is 13.5. The van der Waals surface area contributed by atoms with Crippen LogP contribution in [0.5, 0.6) is 0 Å². The van der Waals surface area contributed by atoms with E-state index in [1.165, 1.54) is 11.5 Å². The van der Waals surface area contributed by atoms with Crippen LogP contribution in [0.2, 0.25) is 0 Å². The van der Waals surface area contributed by atoms with Gasteiger partial charge in [-0.3, -0.25) is 9.59 Å². The minimum absolute atomic E-state index is 0.0413. The van der Waals surface area contributed by atoms with Gasteiger partial charge in [0.1, 0.15) is 0 Å². The van der Waals surface area contributed by atoms with Crippen molar-refractivity contribution in [1.82, 2.24) is 8.77 Å². The zero-order chi connectivity index (χ0) is 17.6. The molecule has 0 atom stereocenters. The highest BCUT2D eigenvalue weighted by atomic mass is 32.1. The molecule has 4 rings (SSSR count). The molecule has 25 heavy (non-hydrogen) atoms. The molecule has 0 radical (unpaired) electrons. The van der Waals surface area contributed by atoms with E-state index in [1.54, 1.807) is 12.1 Å². The molecular formula is C18H13N3O2S2. The van der Waals surface area contributed by atoms with Gasteiger partial charge in [0, 0.05) is 5.56 Å². The second-order valence-corrected chi connectivity index (χ2v) is 7.61. The molecule has 2 aromatic carbocycles. The number of aromatic nitrogens is 2. The van der Waals surface area contributed by atoms with Crippen molar-refractivity contribution in [2.45, 2.75) is 13.8 Å². The fourth-order valence-corrected chi connectivity index (χ4v) is 4.33. The average Bonchev–Trinajstić information content (AvgIpc) is 2.98. The molecular weight excluding hydrogens is 354 g/mol. The van der Waals surface area contributed by atoms with Crippen LogP contribution >= 0.6 is 22.9 Å². The van der Waals surface area contributed by atoms with Crippen LogP contribution < -0.4 is 9.54 Å². The van der Waals surface area contributed by atoms with Crippen molar-refractivity contribution in [3.05, 3.63) is 73.5 Å². The Morgan fingerprint density at radius 1 is 1.08 bits per heavy atom. The quantitative estimate of drug-likeness (QED) is 0.518. The van der Waals surface area contributed by atoms with Gasteiger partial charge in [-0.2, -0.15) is 9.98 Å². The number of nitrogens with zero attached hydrogens (tertiary/aromatic N) is 3. The molecule has 4 aromatic rings. The number of aryl methyl sites for hydroxylation is 2. The molecule has 0 spiro atoms. The predicted molar refractivity (Wildman–Crippen MR) is 101 cm³/mol. The fourth-order valence-electron chi connectivity index (χ4n) is 2.51. The van der Waals surface area contributed by atoms with Crippen molar-refractivity contribution in [2.75, 3.05) is 0 Å². The third kappa shape index (κ3) is 2.92. The molecule has 2 aromatic heterocycles. The second kappa shape index (κ2) is 6.02. The van der Waals surface area contributed by atoms with Crippen LogP contribution in [0.25, 0.3) is 15.9 Å². The van der Waals surface area contributed by atoms with Crippen molar-refractivity contribution in [3.8, 4) is 0 Å². The minimum Gasteiger partial charge on any atom is -0.277 e. The molecule has 0 aliphatic carbocycles. The Bertz CT molecular complexity index is 1250. The first-order valence-corrected chi connectivity index (χ1v) is 9.19. The van der Waals surface area contributed by atoms with Crippen LogP contribution in [0.3, 0.4) is 0 Å². The predicted octanol–water partition coefficient (Wildman–Crippen LogP) is 3.33. The molecule has 124 valence electrons. The van der Waals surface area contributed by atoms with Gasteiger partial charge in [-0.25, -0.2) is 3.79 Å². The van der Waals surface area contributed by atoms with E-state index in [0.29, 0.717) is 20.7 Å². The van der Waals surface area contributed by atoms with Crippen molar-refractivity contribution in [3.63, 3.8) is 0 Å². The lowest BCUT2D eigenvalue weighted by molar-refractivity contribution is 0.0998. The van der Waals surface area contributed by atoms with Gasteiger partial charge in [-0.15, -0.1) is 0 Å². The molecule has 0 saturated heterocycles. The van der Waals surface area contributed by atoms with Gasteiger partial charge < -0.3 is 0 Å². The van der Waals surface area contributed by atoms with E-state index >= 15 is 0 Å². The standard InChI is InChI=1S/C18H13N3O2S2/c1-10-3-6-12(7-4-10)15(22)19-17-20-18-21(25-17)14-8-5-11(2)9-13(14)16(23)24-18/h3-9H,1-2H3. The molecule has 0 bridgehead atoms. The maximum absolute atomic E-state index is 12.3. The molecule has 0 saturated carbocycles. The largest absolute Gasteiger partial charge is 0.279 e. The van der Waals surface area contributed by atoms with Gasteiger partial charge in [0.15, 0.2) is 0 Å². The Hall–Kier alpha value is -2.64. The summed E-state index contributed by atoms with van der Waals surface area (Å²) in [5, 5.41) is 0.655. The normalized spacial score (nSPS) is 12.2. The van der Waals surface area contributed by atoms with Crippen LogP contribution in [-0.2, 0) is 0 Å². The summed E-state index contributed by atoms with van der Waals surface area (Å²) in [4.78, 5) is 33.9. The fraction of sp³-hybridized carbons (Fsp3) is 0.111. The van der Waals surface area contributed by atoms with E-state index < -0.39 is 0 Å². The number of benzene rings is 2. The topological polar surface area (TPSA) is 63.8 Å². The summed E-state index contributed by atoms with van der Waals surface area (Å²) < 4.78 is 1.81. The average molecular weight is 367 g/mol. The molecule has 1 amide bonds. The maximum atomic E-state index is 12.3. The molecule has 0 unspecified atom stereocenters. The minimum atomic E-state index is -0.341. The van der Waals surface area contributed by atoms with Gasteiger partial charge in [-0.05, 0) is 49.6 Å². The molecule has 7 heteroatoms. The Morgan fingerprint density at radius 3 is 2.56 bits per heavy atom. The summed E-state index contributed by atoms with van der Waals surface area (Å²) >= 11 is 2.32. The molecule has 0 aliphatic rings. The van der Waals surface area contributed by atoms with Crippen LogP contribution in [-0.4, -0.2) is 14.7 Å². The number of hydrogen-bond acceptors (Lipinski definition) is 5. The molecule has 5 nitrogen and oxygen atoms in total. The van der Waals surface area contributed by atoms with E-state index in [0.717, 1.165) is 28.0 Å². The highest BCUT2D eigenvalue weighted by Crippen LogP contribution is 2.17. The van der Waals surface area contributed by atoms with Gasteiger partial charge in [0.2, 0.25) is 14.5 Å². The summed E-state index contributed by atoms with van der Waals surface area (Å²) in [6, 6.07) is 13.0.